The van der Waals surface area contributed by atoms with Gasteiger partial charge < -0.3 is 5.11 Å². The summed E-state index contributed by atoms with van der Waals surface area (Å²) in [5.41, 5.74) is 1.92. The molecule has 0 fully saturated rings. The Labute approximate surface area is 151 Å². The predicted octanol–water partition coefficient (Wildman–Crippen LogP) is 3.27. The van der Waals surface area contributed by atoms with E-state index in [-0.39, 0.29) is 10.5 Å². The van der Waals surface area contributed by atoms with Crippen LogP contribution in [0, 0.1) is 0 Å². The number of carboxylic acids is 1. The van der Waals surface area contributed by atoms with Gasteiger partial charge in [-0.25, -0.2) is 13.2 Å². The molecule has 0 spiro atoms. The molecule has 0 saturated carbocycles. The number of rotatable bonds is 5. The molecule has 0 unspecified atom stereocenters. The summed E-state index contributed by atoms with van der Waals surface area (Å²) in [5, 5.41) is 9.05. The molecular weight excluding hydrogens is 352 g/mol. The Morgan fingerprint density at radius 2 is 1.62 bits per heavy atom. The molecule has 0 aliphatic rings. The summed E-state index contributed by atoms with van der Waals surface area (Å²) in [5.74, 6) is -1.07. The van der Waals surface area contributed by atoms with Crippen molar-refractivity contribution in [3.05, 3.63) is 78.6 Å². The van der Waals surface area contributed by atoms with Crippen molar-refractivity contribution >= 4 is 21.7 Å². The van der Waals surface area contributed by atoms with Gasteiger partial charge in [0.15, 0.2) is 0 Å². The number of aromatic carboxylic acids is 1. The van der Waals surface area contributed by atoms with E-state index in [0.717, 1.165) is 0 Å². The first-order valence-electron chi connectivity index (χ1n) is 7.72. The lowest BCUT2D eigenvalue weighted by Gasteiger charge is -2.19. The molecule has 0 atom stereocenters. The van der Waals surface area contributed by atoms with Crippen LogP contribution >= 0.6 is 0 Å². The van der Waals surface area contributed by atoms with E-state index in [9.17, 15) is 13.2 Å². The van der Waals surface area contributed by atoms with Gasteiger partial charge in [0.05, 0.1) is 16.1 Å². The van der Waals surface area contributed by atoms with Gasteiger partial charge in [-0.3, -0.25) is 9.29 Å². The van der Waals surface area contributed by atoms with Gasteiger partial charge in [0, 0.05) is 25.0 Å². The summed E-state index contributed by atoms with van der Waals surface area (Å²) in [6.07, 6.45) is 2.80. The fraction of sp³-hybridized carbons (Fsp3) is 0.0526. The number of hydrogen-bond acceptors (Lipinski definition) is 4. The van der Waals surface area contributed by atoms with Crippen LogP contribution in [0.4, 0.5) is 5.69 Å². The molecule has 1 heterocycles. The molecule has 0 aliphatic carbocycles. The third-order valence-electron chi connectivity index (χ3n) is 3.95. The Hall–Kier alpha value is -3.19. The molecule has 0 bridgehead atoms. The van der Waals surface area contributed by atoms with E-state index < -0.39 is 16.0 Å². The molecule has 7 heteroatoms. The highest BCUT2D eigenvalue weighted by atomic mass is 32.2. The monoisotopic (exact) mass is 368 g/mol. The van der Waals surface area contributed by atoms with E-state index in [1.807, 2.05) is 6.07 Å². The third kappa shape index (κ3) is 3.43. The van der Waals surface area contributed by atoms with Crippen molar-refractivity contribution in [1.29, 1.82) is 0 Å². The topological polar surface area (TPSA) is 87.6 Å². The van der Waals surface area contributed by atoms with Crippen LogP contribution in [-0.4, -0.2) is 31.5 Å². The number of nitrogens with zero attached hydrogens (tertiary/aromatic N) is 2. The van der Waals surface area contributed by atoms with Crippen LogP contribution in [0.5, 0.6) is 0 Å². The second-order valence-electron chi connectivity index (χ2n) is 5.60. The maximum absolute atomic E-state index is 12.8. The molecule has 3 aromatic rings. The molecule has 26 heavy (non-hydrogen) atoms. The summed E-state index contributed by atoms with van der Waals surface area (Å²) in [6.45, 7) is 0. The Bertz CT molecular complexity index is 1030. The van der Waals surface area contributed by atoms with Crippen LogP contribution in [0.3, 0.4) is 0 Å². The molecule has 6 nitrogen and oxygen atoms in total. The Morgan fingerprint density at radius 3 is 2.23 bits per heavy atom. The molecule has 1 aromatic heterocycles. The number of carboxylic acid groups (broad SMARTS) is 1. The second-order valence-corrected chi connectivity index (χ2v) is 7.57. The maximum atomic E-state index is 12.8. The summed E-state index contributed by atoms with van der Waals surface area (Å²) < 4.78 is 26.7. The first kappa shape index (κ1) is 17.6. The Kier molecular flexibility index (Phi) is 4.73. The minimum absolute atomic E-state index is 0.0722. The van der Waals surface area contributed by atoms with Crippen molar-refractivity contribution < 1.29 is 18.3 Å². The van der Waals surface area contributed by atoms with Crippen LogP contribution in [0.25, 0.3) is 11.1 Å². The van der Waals surface area contributed by atoms with E-state index in [1.165, 1.54) is 41.9 Å². The van der Waals surface area contributed by atoms with Gasteiger partial charge >= 0.3 is 5.97 Å². The normalized spacial score (nSPS) is 11.1. The van der Waals surface area contributed by atoms with E-state index in [4.69, 9.17) is 5.11 Å². The quantitative estimate of drug-likeness (QED) is 0.747. The van der Waals surface area contributed by atoms with Crippen LogP contribution < -0.4 is 4.31 Å². The fourth-order valence-corrected chi connectivity index (χ4v) is 3.66. The minimum atomic E-state index is -3.69. The SMILES string of the molecule is CN(c1ccccc1)S(=O)(=O)c1ccc(-c2cncc(C(=O)O)c2)cc1. The Balaban J connectivity index is 1.92. The van der Waals surface area contributed by atoms with Crippen molar-refractivity contribution in [2.24, 2.45) is 0 Å². The third-order valence-corrected chi connectivity index (χ3v) is 5.75. The summed E-state index contributed by atoms with van der Waals surface area (Å²) in [6, 6.07) is 16.6. The van der Waals surface area contributed by atoms with E-state index in [0.29, 0.717) is 16.8 Å². The number of benzene rings is 2. The fourth-order valence-electron chi connectivity index (χ4n) is 2.47. The standard InChI is InChI=1S/C19H16N2O4S/c1-21(17-5-3-2-4-6-17)26(24,25)18-9-7-14(8-10-18)15-11-16(19(22)23)13-20-12-15/h2-13H,1H3,(H,22,23). The Morgan fingerprint density at radius 1 is 0.962 bits per heavy atom. The summed E-state index contributed by atoms with van der Waals surface area (Å²) in [4.78, 5) is 15.1. The van der Waals surface area contributed by atoms with E-state index >= 15 is 0 Å². The number of aromatic nitrogens is 1. The highest BCUT2D eigenvalue weighted by molar-refractivity contribution is 7.92. The zero-order chi connectivity index (χ0) is 18.7. The molecule has 1 N–H and O–H groups in total. The largest absolute Gasteiger partial charge is 0.478 e. The minimum Gasteiger partial charge on any atom is -0.478 e. The number of anilines is 1. The number of para-hydroxylation sites is 1. The van der Waals surface area contributed by atoms with Crippen LogP contribution in [-0.2, 0) is 10.0 Å². The van der Waals surface area contributed by atoms with E-state index in [1.54, 1.807) is 36.4 Å². The lowest BCUT2D eigenvalue weighted by molar-refractivity contribution is 0.0696. The average Bonchev–Trinajstić information content (AvgIpc) is 2.68. The van der Waals surface area contributed by atoms with Gasteiger partial charge in [-0.1, -0.05) is 30.3 Å². The lowest BCUT2D eigenvalue weighted by Crippen LogP contribution is -2.26. The molecule has 0 saturated heterocycles. The number of pyridine rings is 1. The van der Waals surface area contributed by atoms with Crippen LogP contribution in [0.1, 0.15) is 10.4 Å². The average molecular weight is 368 g/mol. The lowest BCUT2D eigenvalue weighted by atomic mass is 10.1. The van der Waals surface area contributed by atoms with Crippen molar-refractivity contribution in [2.45, 2.75) is 4.90 Å². The number of hydrogen-bond donors (Lipinski definition) is 1. The molecular formula is C19H16N2O4S. The molecule has 0 radical (unpaired) electrons. The van der Waals surface area contributed by atoms with Crippen molar-refractivity contribution in [1.82, 2.24) is 4.98 Å². The van der Waals surface area contributed by atoms with Crippen molar-refractivity contribution in [2.75, 3.05) is 11.4 Å². The highest BCUT2D eigenvalue weighted by Gasteiger charge is 2.21. The van der Waals surface area contributed by atoms with Gasteiger partial charge in [0.1, 0.15) is 0 Å². The molecule has 3 rings (SSSR count). The predicted molar refractivity (Wildman–Crippen MR) is 98.7 cm³/mol. The second kappa shape index (κ2) is 6.97. The van der Waals surface area contributed by atoms with Crippen molar-refractivity contribution in [3.63, 3.8) is 0 Å². The molecule has 132 valence electrons. The van der Waals surface area contributed by atoms with Gasteiger partial charge in [-0.05, 0) is 35.9 Å². The van der Waals surface area contributed by atoms with Gasteiger partial charge in [-0.15, -0.1) is 0 Å². The zero-order valence-corrected chi connectivity index (χ0v) is 14.7. The maximum Gasteiger partial charge on any atom is 0.337 e. The van der Waals surface area contributed by atoms with Crippen LogP contribution in [0.2, 0.25) is 0 Å². The molecule has 0 aliphatic heterocycles. The van der Waals surface area contributed by atoms with Gasteiger partial charge in [-0.2, -0.15) is 0 Å². The number of carbonyl (C=O) groups is 1. The zero-order valence-electron chi connectivity index (χ0n) is 13.9. The molecule has 2 aromatic carbocycles. The smallest absolute Gasteiger partial charge is 0.337 e. The molecule has 0 amide bonds. The van der Waals surface area contributed by atoms with Gasteiger partial charge in [0.2, 0.25) is 0 Å². The first-order valence-corrected chi connectivity index (χ1v) is 9.16. The summed E-state index contributed by atoms with van der Waals surface area (Å²) in [7, 11) is -2.19. The summed E-state index contributed by atoms with van der Waals surface area (Å²) >= 11 is 0. The first-order chi connectivity index (χ1) is 12.4. The van der Waals surface area contributed by atoms with E-state index in [2.05, 4.69) is 4.98 Å². The number of sulfonamides is 1. The van der Waals surface area contributed by atoms with Gasteiger partial charge in [0.25, 0.3) is 10.0 Å². The van der Waals surface area contributed by atoms with Crippen LogP contribution in [0.15, 0.2) is 78.0 Å². The van der Waals surface area contributed by atoms with Crippen molar-refractivity contribution in [3.8, 4) is 11.1 Å². The highest BCUT2D eigenvalue weighted by Crippen LogP contribution is 2.25.